The first kappa shape index (κ1) is 15.1. The molecule has 0 spiro atoms. The lowest BCUT2D eigenvalue weighted by atomic mass is 10.3. The predicted molar refractivity (Wildman–Crippen MR) is 85.8 cm³/mol. The third kappa shape index (κ3) is 3.45. The second-order valence-corrected chi connectivity index (χ2v) is 6.34. The van der Waals surface area contributed by atoms with Gasteiger partial charge in [-0.25, -0.2) is 8.42 Å². The summed E-state index contributed by atoms with van der Waals surface area (Å²) in [6.07, 6.45) is 0. The molecule has 21 heavy (non-hydrogen) atoms. The smallest absolute Gasteiger partial charge is 0.264 e. The van der Waals surface area contributed by atoms with Crippen LogP contribution in [0.2, 0.25) is 0 Å². The first-order valence-corrected chi connectivity index (χ1v) is 7.78. The number of nitrogens with two attached hydrogens (primary N) is 1. The number of anilines is 3. The number of para-hydroxylation sites is 1. The zero-order valence-corrected chi connectivity index (χ0v) is 12.7. The van der Waals surface area contributed by atoms with E-state index in [4.69, 9.17) is 5.84 Å². The van der Waals surface area contributed by atoms with Crippen LogP contribution < -0.4 is 20.9 Å². The van der Waals surface area contributed by atoms with Gasteiger partial charge in [0, 0.05) is 19.8 Å². The van der Waals surface area contributed by atoms with Gasteiger partial charge in [0.05, 0.1) is 11.4 Å². The number of sulfonamides is 1. The van der Waals surface area contributed by atoms with Crippen LogP contribution in [0.25, 0.3) is 0 Å². The molecule has 0 saturated heterocycles. The van der Waals surface area contributed by atoms with Gasteiger partial charge in [0.2, 0.25) is 0 Å². The van der Waals surface area contributed by atoms with Gasteiger partial charge in [0.1, 0.15) is 4.90 Å². The molecule has 112 valence electrons. The van der Waals surface area contributed by atoms with E-state index in [1.54, 1.807) is 36.4 Å². The summed E-state index contributed by atoms with van der Waals surface area (Å²) in [5, 5.41) is 0. The zero-order chi connectivity index (χ0) is 15.5. The van der Waals surface area contributed by atoms with E-state index in [9.17, 15) is 8.42 Å². The third-order valence-electron chi connectivity index (χ3n) is 2.95. The minimum atomic E-state index is -3.71. The largest absolute Gasteiger partial charge is 0.378 e. The number of hydrazine groups is 1. The Kier molecular flexibility index (Phi) is 4.35. The van der Waals surface area contributed by atoms with Crippen LogP contribution in [0.3, 0.4) is 0 Å². The summed E-state index contributed by atoms with van der Waals surface area (Å²) in [7, 11) is 0.0707. The van der Waals surface area contributed by atoms with Gasteiger partial charge < -0.3 is 10.3 Å². The summed E-state index contributed by atoms with van der Waals surface area (Å²) in [6, 6.07) is 13.6. The quantitative estimate of drug-likeness (QED) is 0.579. The monoisotopic (exact) mass is 306 g/mol. The summed E-state index contributed by atoms with van der Waals surface area (Å²) < 4.78 is 27.4. The van der Waals surface area contributed by atoms with Gasteiger partial charge in [-0.05, 0) is 30.3 Å². The van der Waals surface area contributed by atoms with E-state index in [-0.39, 0.29) is 4.90 Å². The molecule has 2 aromatic rings. The number of hydrogen-bond donors (Lipinski definition) is 3. The van der Waals surface area contributed by atoms with Crippen LogP contribution in [-0.2, 0) is 10.0 Å². The van der Waals surface area contributed by atoms with Gasteiger partial charge in [-0.15, -0.1) is 0 Å². The van der Waals surface area contributed by atoms with E-state index < -0.39 is 10.0 Å². The molecule has 0 unspecified atom stereocenters. The Balaban J connectivity index is 2.35. The first-order chi connectivity index (χ1) is 9.94. The Hall–Kier alpha value is -2.25. The fourth-order valence-electron chi connectivity index (χ4n) is 1.88. The van der Waals surface area contributed by atoms with Crippen molar-refractivity contribution in [1.82, 2.24) is 0 Å². The molecule has 0 atom stereocenters. The molecule has 0 aliphatic rings. The number of rotatable bonds is 5. The van der Waals surface area contributed by atoms with E-state index in [0.717, 1.165) is 5.69 Å². The second kappa shape index (κ2) is 6.02. The van der Waals surface area contributed by atoms with E-state index in [0.29, 0.717) is 11.4 Å². The topological polar surface area (TPSA) is 87.5 Å². The minimum absolute atomic E-state index is 0.0998. The van der Waals surface area contributed by atoms with Gasteiger partial charge in [0.15, 0.2) is 0 Å². The molecule has 0 bridgehead atoms. The van der Waals surface area contributed by atoms with E-state index in [2.05, 4.69) is 10.1 Å². The van der Waals surface area contributed by atoms with Crippen molar-refractivity contribution < 1.29 is 8.42 Å². The summed E-state index contributed by atoms with van der Waals surface area (Å²) in [6.45, 7) is 0. The lowest BCUT2D eigenvalue weighted by molar-refractivity contribution is 0.601. The molecule has 0 aliphatic heterocycles. The number of benzene rings is 2. The van der Waals surface area contributed by atoms with Crippen molar-refractivity contribution in [1.29, 1.82) is 0 Å². The standard InChI is InChI=1S/C14H18N4O2S/c1-18(2)12-7-5-6-11(10-12)17-21(19,20)14-9-4-3-8-13(14)16-15/h3-10,16-17H,15H2,1-2H3. The van der Waals surface area contributed by atoms with Gasteiger partial charge in [-0.1, -0.05) is 18.2 Å². The second-order valence-electron chi connectivity index (χ2n) is 4.69. The molecule has 0 aromatic heterocycles. The lowest BCUT2D eigenvalue weighted by Gasteiger charge is -2.15. The zero-order valence-electron chi connectivity index (χ0n) is 11.9. The average molecular weight is 306 g/mol. The molecular weight excluding hydrogens is 288 g/mol. The molecule has 4 N–H and O–H groups in total. The molecule has 2 aromatic carbocycles. The first-order valence-electron chi connectivity index (χ1n) is 6.30. The highest BCUT2D eigenvalue weighted by Gasteiger charge is 2.18. The Bertz CT molecular complexity index is 729. The van der Waals surface area contributed by atoms with Gasteiger partial charge >= 0.3 is 0 Å². The van der Waals surface area contributed by atoms with Crippen molar-refractivity contribution in [3.8, 4) is 0 Å². The number of nitrogen functional groups attached to an aromatic ring is 1. The fourth-order valence-corrected chi connectivity index (χ4v) is 3.10. The maximum Gasteiger partial charge on any atom is 0.264 e. The van der Waals surface area contributed by atoms with Crippen molar-refractivity contribution in [2.24, 2.45) is 5.84 Å². The highest BCUT2D eigenvalue weighted by atomic mass is 32.2. The van der Waals surface area contributed by atoms with Crippen molar-refractivity contribution in [2.75, 3.05) is 29.1 Å². The van der Waals surface area contributed by atoms with Gasteiger partial charge in [-0.2, -0.15) is 0 Å². The molecule has 0 saturated carbocycles. The summed E-state index contributed by atoms with van der Waals surface area (Å²) in [4.78, 5) is 2.00. The normalized spacial score (nSPS) is 11.0. The lowest BCUT2D eigenvalue weighted by Crippen LogP contribution is -2.17. The molecule has 0 fully saturated rings. The van der Waals surface area contributed by atoms with Crippen LogP contribution in [0.15, 0.2) is 53.4 Å². The fraction of sp³-hybridized carbons (Fsp3) is 0.143. The highest BCUT2D eigenvalue weighted by molar-refractivity contribution is 7.92. The molecule has 0 radical (unpaired) electrons. The van der Waals surface area contributed by atoms with Crippen LogP contribution in [0.4, 0.5) is 17.1 Å². The maximum absolute atomic E-state index is 12.4. The SMILES string of the molecule is CN(C)c1cccc(NS(=O)(=O)c2ccccc2NN)c1. The van der Waals surface area contributed by atoms with Crippen molar-refractivity contribution in [3.05, 3.63) is 48.5 Å². The summed E-state index contributed by atoms with van der Waals surface area (Å²) in [5.74, 6) is 5.36. The Morgan fingerprint density at radius 2 is 1.76 bits per heavy atom. The van der Waals surface area contributed by atoms with Crippen molar-refractivity contribution >= 4 is 27.1 Å². The minimum Gasteiger partial charge on any atom is -0.378 e. The van der Waals surface area contributed by atoms with Crippen LogP contribution in [0.1, 0.15) is 0 Å². The average Bonchev–Trinajstić information content (AvgIpc) is 2.47. The molecule has 0 heterocycles. The van der Waals surface area contributed by atoms with Gasteiger partial charge in [-0.3, -0.25) is 10.6 Å². The highest BCUT2D eigenvalue weighted by Crippen LogP contribution is 2.24. The van der Waals surface area contributed by atoms with E-state index in [1.807, 2.05) is 25.1 Å². The molecule has 7 heteroatoms. The Morgan fingerprint density at radius 3 is 2.43 bits per heavy atom. The number of hydrogen-bond acceptors (Lipinski definition) is 5. The van der Waals surface area contributed by atoms with E-state index in [1.165, 1.54) is 6.07 Å². The van der Waals surface area contributed by atoms with Crippen molar-refractivity contribution in [3.63, 3.8) is 0 Å². The van der Waals surface area contributed by atoms with Crippen LogP contribution in [0, 0.1) is 0 Å². The summed E-state index contributed by atoms with van der Waals surface area (Å²) in [5.41, 5.74) is 4.13. The van der Waals surface area contributed by atoms with Crippen molar-refractivity contribution in [2.45, 2.75) is 4.90 Å². The van der Waals surface area contributed by atoms with Crippen LogP contribution in [-0.4, -0.2) is 22.5 Å². The predicted octanol–water partition coefficient (Wildman–Crippen LogP) is 1.84. The summed E-state index contributed by atoms with van der Waals surface area (Å²) >= 11 is 0. The maximum atomic E-state index is 12.4. The molecule has 0 amide bonds. The molecule has 0 aliphatic carbocycles. The Morgan fingerprint density at radius 1 is 1.05 bits per heavy atom. The Labute approximate surface area is 124 Å². The molecule has 6 nitrogen and oxygen atoms in total. The van der Waals surface area contributed by atoms with Gasteiger partial charge in [0.25, 0.3) is 10.0 Å². The molecule has 2 rings (SSSR count). The van der Waals surface area contributed by atoms with E-state index >= 15 is 0 Å². The van der Waals surface area contributed by atoms with Crippen LogP contribution >= 0.6 is 0 Å². The number of nitrogens with zero attached hydrogens (tertiary/aromatic N) is 1. The third-order valence-corrected chi connectivity index (χ3v) is 4.39. The molecular formula is C14H18N4O2S. The van der Waals surface area contributed by atoms with Crippen LogP contribution in [0.5, 0.6) is 0 Å². The number of nitrogens with one attached hydrogen (secondary N) is 2.